The van der Waals surface area contributed by atoms with E-state index in [0.717, 1.165) is 22.0 Å². The Morgan fingerprint density at radius 1 is 1.12 bits per heavy atom. The summed E-state index contributed by atoms with van der Waals surface area (Å²) in [5.41, 5.74) is 4.11. The van der Waals surface area contributed by atoms with Crippen molar-refractivity contribution in [3.63, 3.8) is 0 Å². The van der Waals surface area contributed by atoms with Crippen LogP contribution < -0.4 is 14.8 Å². The SMILES string of the molecule is CCc1onc(C)c1C(=O)NCC(c1cccc(OC)c1OC)c1c[nH]c2ccccc12. The molecule has 2 aromatic heterocycles. The Bertz CT molecular complexity index is 1240. The number of amides is 1. The number of aromatic nitrogens is 2. The van der Waals surface area contributed by atoms with Crippen molar-refractivity contribution in [1.29, 1.82) is 0 Å². The molecule has 0 saturated heterocycles. The third-order valence-corrected chi connectivity index (χ3v) is 5.75. The molecule has 4 aromatic rings. The highest BCUT2D eigenvalue weighted by atomic mass is 16.5. The normalized spacial score (nSPS) is 12.0. The maximum atomic E-state index is 13.1. The molecule has 0 saturated carbocycles. The number of carbonyl (C=O) groups is 1. The number of rotatable bonds is 8. The number of H-pyrrole nitrogens is 1. The van der Waals surface area contributed by atoms with Gasteiger partial charge in [0, 0.05) is 41.5 Å². The first-order valence-corrected chi connectivity index (χ1v) is 10.6. The Labute approximate surface area is 186 Å². The summed E-state index contributed by atoms with van der Waals surface area (Å²) >= 11 is 0. The minimum Gasteiger partial charge on any atom is -0.493 e. The molecule has 2 aromatic carbocycles. The molecular formula is C25H27N3O4. The minimum atomic E-state index is -0.202. The number of aromatic amines is 1. The number of carbonyl (C=O) groups excluding carboxylic acids is 1. The van der Waals surface area contributed by atoms with Crippen molar-refractivity contribution in [2.45, 2.75) is 26.2 Å². The first kappa shape index (κ1) is 21.5. The van der Waals surface area contributed by atoms with Gasteiger partial charge in [-0.3, -0.25) is 4.79 Å². The van der Waals surface area contributed by atoms with Crippen LogP contribution in [0.2, 0.25) is 0 Å². The van der Waals surface area contributed by atoms with Crippen molar-refractivity contribution < 1.29 is 18.8 Å². The predicted octanol–water partition coefficient (Wildman–Crippen LogP) is 4.61. The van der Waals surface area contributed by atoms with E-state index in [0.29, 0.717) is 41.5 Å². The molecule has 4 rings (SSSR count). The molecule has 32 heavy (non-hydrogen) atoms. The van der Waals surface area contributed by atoms with Crippen LogP contribution in [0.25, 0.3) is 10.9 Å². The van der Waals surface area contributed by atoms with E-state index in [1.807, 2.05) is 49.5 Å². The number of benzene rings is 2. The maximum absolute atomic E-state index is 13.1. The molecule has 0 aliphatic heterocycles. The van der Waals surface area contributed by atoms with Crippen molar-refractivity contribution >= 4 is 16.8 Å². The van der Waals surface area contributed by atoms with Crippen LogP contribution in [0.4, 0.5) is 0 Å². The van der Waals surface area contributed by atoms with E-state index in [-0.39, 0.29) is 11.8 Å². The summed E-state index contributed by atoms with van der Waals surface area (Å²) in [6, 6.07) is 13.9. The van der Waals surface area contributed by atoms with Gasteiger partial charge in [0.1, 0.15) is 11.3 Å². The fraction of sp³-hybridized carbons (Fsp3) is 0.280. The summed E-state index contributed by atoms with van der Waals surface area (Å²) in [4.78, 5) is 16.4. The van der Waals surface area contributed by atoms with E-state index in [4.69, 9.17) is 14.0 Å². The molecule has 0 aliphatic rings. The van der Waals surface area contributed by atoms with Gasteiger partial charge in [0.05, 0.1) is 19.9 Å². The molecule has 2 N–H and O–H groups in total. The average Bonchev–Trinajstić information content (AvgIpc) is 3.42. The highest BCUT2D eigenvalue weighted by Gasteiger charge is 2.26. The van der Waals surface area contributed by atoms with E-state index in [9.17, 15) is 4.79 Å². The lowest BCUT2D eigenvalue weighted by atomic mass is 9.89. The van der Waals surface area contributed by atoms with Gasteiger partial charge < -0.3 is 24.3 Å². The molecule has 0 bridgehead atoms. The Kier molecular flexibility index (Phi) is 6.16. The fourth-order valence-corrected chi connectivity index (χ4v) is 4.19. The Balaban J connectivity index is 1.75. The zero-order chi connectivity index (χ0) is 22.7. The van der Waals surface area contributed by atoms with Crippen molar-refractivity contribution in [3.05, 3.63) is 76.8 Å². The molecule has 1 amide bonds. The van der Waals surface area contributed by atoms with Crippen LogP contribution in [-0.4, -0.2) is 36.8 Å². The predicted molar refractivity (Wildman–Crippen MR) is 123 cm³/mol. The van der Waals surface area contributed by atoms with Crippen molar-refractivity contribution in [1.82, 2.24) is 15.5 Å². The summed E-state index contributed by atoms with van der Waals surface area (Å²) in [5, 5.41) is 8.14. The molecule has 7 nitrogen and oxygen atoms in total. The molecule has 0 radical (unpaired) electrons. The third kappa shape index (κ3) is 3.82. The first-order valence-electron chi connectivity index (χ1n) is 10.6. The van der Waals surface area contributed by atoms with Gasteiger partial charge >= 0.3 is 0 Å². The van der Waals surface area contributed by atoms with E-state index in [1.54, 1.807) is 21.1 Å². The Hall–Kier alpha value is -3.74. The second-order valence-electron chi connectivity index (χ2n) is 7.55. The molecule has 2 heterocycles. The largest absolute Gasteiger partial charge is 0.493 e. The number of methoxy groups -OCH3 is 2. The molecule has 1 unspecified atom stereocenters. The monoisotopic (exact) mass is 433 g/mol. The summed E-state index contributed by atoms with van der Waals surface area (Å²) in [5.74, 6) is 1.50. The van der Waals surface area contributed by atoms with Gasteiger partial charge in [0.25, 0.3) is 5.91 Å². The number of hydrogen-bond acceptors (Lipinski definition) is 5. The zero-order valence-corrected chi connectivity index (χ0v) is 18.7. The molecule has 0 spiro atoms. The van der Waals surface area contributed by atoms with Gasteiger partial charge in [0.15, 0.2) is 11.5 Å². The second-order valence-corrected chi connectivity index (χ2v) is 7.55. The second kappa shape index (κ2) is 9.18. The van der Waals surface area contributed by atoms with Crippen LogP contribution in [0.5, 0.6) is 11.5 Å². The summed E-state index contributed by atoms with van der Waals surface area (Å²) < 4.78 is 16.5. The maximum Gasteiger partial charge on any atom is 0.256 e. The van der Waals surface area contributed by atoms with Gasteiger partial charge in [-0.1, -0.05) is 42.4 Å². The molecular weight excluding hydrogens is 406 g/mol. The molecule has 1 atom stereocenters. The van der Waals surface area contributed by atoms with Gasteiger partial charge in [-0.25, -0.2) is 0 Å². The van der Waals surface area contributed by atoms with Crippen LogP contribution in [-0.2, 0) is 6.42 Å². The van der Waals surface area contributed by atoms with Crippen LogP contribution in [0, 0.1) is 6.92 Å². The van der Waals surface area contributed by atoms with Gasteiger partial charge in [-0.05, 0) is 24.6 Å². The van der Waals surface area contributed by atoms with Gasteiger partial charge in [-0.2, -0.15) is 0 Å². The van der Waals surface area contributed by atoms with E-state index < -0.39 is 0 Å². The van der Waals surface area contributed by atoms with E-state index >= 15 is 0 Å². The van der Waals surface area contributed by atoms with Crippen LogP contribution in [0.15, 0.2) is 53.2 Å². The molecule has 0 fully saturated rings. The molecule has 0 aliphatic carbocycles. The number of hydrogen-bond donors (Lipinski definition) is 2. The zero-order valence-electron chi connectivity index (χ0n) is 18.7. The lowest BCUT2D eigenvalue weighted by Gasteiger charge is -2.22. The van der Waals surface area contributed by atoms with Crippen LogP contribution in [0.1, 0.15) is 45.8 Å². The van der Waals surface area contributed by atoms with Crippen molar-refractivity contribution in [2.75, 3.05) is 20.8 Å². The van der Waals surface area contributed by atoms with Gasteiger partial charge in [-0.15, -0.1) is 0 Å². The summed E-state index contributed by atoms with van der Waals surface area (Å²) in [7, 11) is 3.24. The van der Waals surface area contributed by atoms with Crippen LogP contribution in [0.3, 0.4) is 0 Å². The number of nitrogens with one attached hydrogen (secondary N) is 2. The molecule has 166 valence electrons. The Morgan fingerprint density at radius 3 is 2.69 bits per heavy atom. The Morgan fingerprint density at radius 2 is 1.94 bits per heavy atom. The smallest absolute Gasteiger partial charge is 0.256 e. The minimum absolute atomic E-state index is 0.176. The quantitative estimate of drug-likeness (QED) is 0.424. The third-order valence-electron chi connectivity index (χ3n) is 5.75. The topological polar surface area (TPSA) is 89.4 Å². The summed E-state index contributed by atoms with van der Waals surface area (Å²) in [6.45, 7) is 4.07. The van der Waals surface area contributed by atoms with Crippen molar-refractivity contribution in [3.8, 4) is 11.5 Å². The first-order chi connectivity index (χ1) is 15.6. The lowest BCUT2D eigenvalue weighted by molar-refractivity contribution is 0.0950. The highest BCUT2D eigenvalue weighted by molar-refractivity contribution is 5.96. The number of aryl methyl sites for hydroxylation is 2. The van der Waals surface area contributed by atoms with Crippen molar-refractivity contribution in [2.24, 2.45) is 0 Å². The van der Waals surface area contributed by atoms with E-state index in [1.165, 1.54) is 0 Å². The summed E-state index contributed by atoms with van der Waals surface area (Å²) in [6.07, 6.45) is 2.59. The number of fused-ring (bicyclic) bond motifs is 1. The number of para-hydroxylation sites is 2. The number of nitrogens with zero attached hydrogens (tertiary/aromatic N) is 1. The fourth-order valence-electron chi connectivity index (χ4n) is 4.19. The highest BCUT2D eigenvalue weighted by Crippen LogP contribution is 2.40. The standard InChI is InChI=1S/C25H27N3O4/c1-5-21-23(15(2)28-32-21)25(29)27-14-19(17-10-8-12-22(30-3)24(17)31-4)18-13-26-20-11-7-6-9-16(18)20/h6-13,19,26H,5,14H2,1-4H3,(H,27,29). The number of ether oxygens (including phenoxy) is 2. The molecule has 7 heteroatoms. The average molecular weight is 434 g/mol. The van der Waals surface area contributed by atoms with E-state index in [2.05, 4.69) is 21.5 Å². The van der Waals surface area contributed by atoms with Gasteiger partial charge in [0.2, 0.25) is 0 Å². The van der Waals surface area contributed by atoms with Crippen LogP contribution >= 0.6 is 0 Å². The lowest BCUT2D eigenvalue weighted by Crippen LogP contribution is -2.30.